The van der Waals surface area contributed by atoms with E-state index in [-0.39, 0.29) is 23.2 Å². The fourth-order valence-electron chi connectivity index (χ4n) is 4.56. The van der Waals surface area contributed by atoms with Crippen LogP contribution in [0.15, 0.2) is 77.7 Å². The number of halogens is 1. The van der Waals surface area contributed by atoms with Gasteiger partial charge in [-0.15, -0.1) is 12.4 Å². The van der Waals surface area contributed by atoms with Gasteiger partial charge in [-0.2, -0.15) is 0 Å². The van der Waals surface area contributed by atoms with Crippen LogP contribution in [0.4, 0.5) is 10.8 Å². The minimum Gasteiger partial charge on any atom is -0.497 e. The number of aromatic nitrogens is 1. The number of hydrogen-bond donors (Lipinski definition) is 0. The molecule has 0 radical (unpaired) electrons. The molecule has 4 aromatic rings. The first kappa shape index (κ1) is 30.7. The third-order valence-corrected chi connectivity index (χ3v) is 9.74. The lowest BCUT2D eigenvalue weighted by Crippen LogP contribution is -2.39. The smallest absolute Gasteiger partial charge is 0.264 e. The Hall–Kier alpha value is -3.22. The summed E-state index contributed by atoms with van der Waals surface area (Å²) < 4.78 is 39.4. The number of methoxy groups -OCH3 is 1. The normalized spacial score (nSPS) is 13.9. The quantitative estimate of drug-likeness (QED) is 0.250. The van der Waals surface area contributed by atoms with Crippen molar-refractivity contribution in [3.63, 3.8) is 0 Å². The molecule has 1 aromatic heterocycles. The van der Waals surface area contributed by atoms with Crippen LogP contribution in [-0.2, 0) is 14.8 Å². The fraction of sp³-hybridized carbons (Fsp3) is 0.310. The number of carbonyl (C=O) groups excluding carboxylic acids is 1. The van der Waals surface area contributed by atoms with Crippen molar-refractivity contribution in [1.29, 1.82) is 0 Å². The lowest BCUT2D eigenvalue weighted by atomic mass is 10.2. The van der Waals surface area contributed by atoms with Gasteiger partial charge in [0.15, 0.2) is 5.13 Å². The van der Waals surface area contributed by atoms with Gasteiger partial charge in [-0.3, -0.25) is 18.9 Å². The van der Waals surface area contributed by atoms with Gasteiger partial charge in [0.25, 0.3) is 15.9 Å². The summed E-state index contributed by atoms with van der Waals surface area (Å²) in [5.41, 5.74) is 1.74. The Morgan fingerprint density at radius 1 is 1.05 bits per heavy atom. The number of morpholine rings is 1. The summed E-state index contributed by atoms with van der Waals surface area (Å²) in [5, 5.41) is 0.593. The van der Waals surface area contributed by atoms with Gasteiger partial charge in [-0.05, 0) is 61.0 Å². The van der Waals surface area contributed by atoms with Crippen LogP contribution in [0.2, 0.25) is 0 Å². The van der Waals surface area contributed by atoms with E-state index >= 15 is 0 Å². The third-order valence-electron chi connectivity index (χ3n) is 6.90. The van der Waals surface area contributed by atoms with E-state index in [4.69, 9.17) is 14.5 Å². The van der Waals surface area contributed by atoms with Crippen LogP contribution in [-0.4, -0.2) is 77.8 Å². The highest BCUT2D eigenvalue weighted by molar-refractivity contribution is 7.92. The minimum atomic E-state index is -3.79. The largest absolute Gasteiger partial charge is 0.497 e. The second kappa shape index (κ2) is 13.6. The maximum absolute atomic E-state index is 13.8. The van der Waals surface area contributed by atoms with E-state index in [1.165, 1.54) is 34.8 Å². The molecule has 0 unspecified atom stereocenters. The molecule has 5 rings (SSSR count). The van der Waals surface area contributed by atoms with E-state index in [1.807, 2.05) is 24.3 Å². The molecule has 9 nitrogen and oxygen atoms in total. The van der Waals surface area contributed by atoms with Crippen molar-refractivity contribution in [2.24, 2.45) is 0 Å². The molecule has 0 spiro atoms. The molecule has 0 saturated carbocycles. The van der Waals surface area contributed by atoms with Gasteiger partial charge in [0.05, 0.1) is 41.1 Å². The number of hydrogen-bond acceptors (Lipinski definition) is 8. The van der Waals surface area contributed by atoms with Crippen LogP contribution in [0.1, 0.15) is 16.8 Å². The summed E-state index contributed by atoms with van der Waals surface area (Å²) in [4.78, 5) is 22.7. The standard InChI is InChI=1S/C29H32N4O5S2.ClH/c1-31(23-7-4-3-5-8-23)40(35,36)25-12-9-22(10-13-25)28(34)33(16-6-15-32-17-19-38-20-18-32)29-30-26-14-11-24(37-2)21-27(26)39-29;/h3-5,7-14,21H,6,15-20H2,1-2H3;1H. The summed E-state index contributed by atoms with van der Waals surface area (Å²) >= 11 is 1.43. The summed E-state index contributed by atoms with van der Waals surface area (Å²) in [5.74, 6) is 0.499. The average molecular weight is 617 g/mol. The third kappa shape index (κ3) is 6.99. The summed E-state index contributed by atoms with van der Waals surface area (Å²) in [6, 6.07) is 20.6. The first-order valence-electron chi connectivity index (χ1n) is 13.1. The predicted molar refractivity (Wildman–Crippen MR) is 165 cm³/mol. The molecule has 41 heavy (non-hydrogen) atoms. The number of thiazole rings is 1. The highest BCUT2D eigenvalue weighted by atomic mass is 35.5. The second-order valence-corrected chi connectivity index (χ2v) is 12.4. The van der Waals surface area contributed by atoms with Crippen molar-refractivity contribution in [2.75, 3.05) is 62.8 Å². The van der Waals surface area contributed by atoms with Crippen molar-refractivity contribution in [3.8, 4) is 5.75 Å². The Labute approximate surface area is 250 Å². The molecule has 0 N–H and O–H groups in total. The number of sulfonamides is 1. The van der Waals surface area contributed by atoms with Crippen molar-refractivity contribution in [3.05, 3.63) is 78.4 Å². The van der Waals surface area contributed by atoms with Crippen molar-refractivity contribution in [2.45, 2.75) is 11.3 Å². The Kier molecular flexibility index (Phi) is 10.2. The summed E-state index contributed by atoms with van der Waals surface area (Å²) in [6.07, 6.45) is 0.763. The van der Waals surface area contributed by atoms with Crippen LogP contribution in [0.5, 0.6) is 5.75 Å². The first-order chi connectivity index (χ1) is 19.4. The molecule has 1 fully saturated rings. The molecule has 1 saturated heterocycles. The van der Waals surface area contributed by atoms with Crippen LogP contribution in [0, 0.1) is 0 Å². The van der Waals surface area contributed by atoms with E-state index in [9.17, 15) is 13.2 Å². The number of benzene rings is 3. The van der Waals surface area contributed by atoms with E-state index in [1.54, 1.807) is 48.4 Å². The highest BCUT2D eigenvalue weighted by Crippen LogP contribution is 2.32. The van der Waals surface area contributed by atoms with Gasteiger partial charge < -0.3 is 9.47 Å². The molecule has 0 atom stereocenters. The van der Waals surface area contributed by atoms with Gasteiger partial charge in [-0.1, -0.05) is 29.5 Å². The molecule has 0 bridgehead atoms. The molecule has 1 aliphatic rings. The maximum atomic E-state index is 13.8. The monoisotopic (exact) mass is 616 g/mol. The Morgan fingerprint density at radius 3 is 2.44 bits per heavy atom. The predicted octanol–water partition coefficient (Wildman–Crippen LogP) is 4.92. The van der Waals surface area contributed by atoms with Crippen molar-refractivity contribution < 1.29 is 22.7 Å². The summed E-state index contributed by atoms with van der Waals surface area (Å²) in [7, 11) is -0.654. The van der Waals surface area contributed by atoms with Crippen molar-refractivity contribution >= 4 is 60.7 Å². The maximum Gasteiger partial charge on any atom is 0.264 e. The Bertz CT molecular complexity index is 1560. The minimum absolute atomic E-state index is 0. The van der Waals surface area contributed by atoms with Crippen molar-refractivity contribution in [1.82, 2.24) is 9.88 Å². The topological polar surface area (TPSA) is 92.3 Å². The lowest BCUT2D eigenvalue weighted by Gasteiger charge is -2.27. The zero-order valence-corrected chi connectivity index (χ0v) is 25.4. The molecular weight excluding hydrogens is 584 g/mol. The zero-order valence-electron chi connectivity index (χ0n) is 22.9. The van der Waals surface area contributed by atoms with Gasteiger partial charge >= 0.3 is 0 Å². The molecular formula is C29H33ClN4O5S2. The van der Waals surface area contributed by atoms with E-state index in [0.717, 1.165) is 55.2 Å². The Morgan fingerprint density at radius 2 is 1.76 bits per heavy atom. The lowest BCUT2D eigenvalue weighted by molar-refractivity contribution is 0.0376. The Balaban J connectivity index is 0.00000387. The molecule has 1 amide bonds. The van der Waals surface area contributed by atoms with Gasteiger partial charge in [0.1, 0.15) is 5.75 Å². The van der Waals surface area contributed by atoms with Crippen LogP contribution in [0.25, 0.3) is 10.2 Å². The van der Waals surface area contributed by atoms with Gasteiger partial charge in [0, 0.05) is 38.8 Å². The number of rotatable bonds is 10. The number of ether oxygens (including phenoxy) is 2. The molecule has 12 heteroatoms. The zero-order chi connectivity index (χ0) is 28.1. The summed E-state index contributed by atoms with van der Waals surface area (Å²) in [6.45, 7) is 4.51. The van der Waals surface area contributed by atoms with Gasteiger partial charge in [-0.25, -0.2) is 13.4 Å². The SMILES string of the molecule is COc1ccc2nc(N(CCCN3CCOCC3)C(=O)c3ccc(S(=O)(=O)N(C)c4ccccc4)cc3)sc2c1.Cl. The average Bonchev–Trinajstić information content (AvgIpc) is 3.42. The molecule has 2 heterocycles. The molecule has 3 aromatic carbocycles. The number of nitrogens with zero attached hydrogens (tertiary/aromatic N) is 4. The fourth-order valence-corrected chi connectivity index (χ4v) is 6.77. The highest BCUT2D eigenvalue weighted by Gasteiger charge is 2.25. The molecule has 218 valence electrons. The van der Waals surface area contributed by atoms with E-state index in [0.29, 0.717) is 22.9 Å². The van der Waals surface area contributed by atoms with Crippen LogP contribution in [0.3, 0.4) is 0 Å². The second-order valence-electron chi connectivity index (χ2n) is 9.43. The number of anilines is 2. The number of amides is 1. The number of fused-ring (bicyclic) bond motifs is 1. The first-order valence-corrected chi connectivity index (χ1v) is 15.3. The van der Waals surface area contributed by atoms with Crippen LogP contribution >= 0.6 is 23.7 Å². The molecule has 1 aliphatic heterocycles. The van der Waals surface area contributed by atoms with Crippen LogP contribution < -0.4 is 13.9 Å². The van der Waals surface area contributed by atoms with E-state index in [2.05, 4.69) is 4.90 Å². The van der Waals surface area contributed by atoms with E-state index < -0.39 is 10.0 Å². The number of carbonyl (C=O) groups is 1. The molecule has 0 aliphatic carbocycles. The number of para-hydroxylation sites is 1. The van der Waals surface area contributed by atoms with Gasteiger partial charge in [0.2, 0.25) is 0 Å².